The van der Waals surface area contributed by atoms with Gasteiger partial charge in [0.25, 0.3) is 5.91 Å². The summed E-state index contributed by atoms with van der Waals surface area (Å²) in [5.41, 5.74) is 1.72. The first-order chi connectivity index (χ1) is 21.9. The van der Waals surface area contributed by atoms with Gasteiger partial charge in [0.1, 0.15) is 18.5 Å². The van der Waals surface area contributed by atoms with Gasteiger partial charge in [-0.2, -0.15) is 0 Å². The fraction of sp³-hybridized carbons (Fsp3) is 0.467. The minimum absolute atomic E-state index is 0.192. The molecule has 45 heavy (non-hydrogen) atoms. The second-order valence-corrected chi connectivity index (χ2v) is 11.9. The van der Waals surface area contributed by atoms with Gasteiger partial charge in [-0.05, 0) is 49.2 Å². The van der Waals surface area contributed by atoms with Crippen molar-refractivity contribution in [2.45, 2.75) is 31.3 Å². The lowest BCUT2D eigenvalue weighted by atomic mass is 10.1. The molecule has 0 saturated carbocycles. The minimum Gasteiger partial charge on any atom is -0.569 e. The first-order valence-corrected chi connectivity index (χ1v) is 15.7. The summed E-state index contributed by atoms with van der Waals surface area (Å²) in [6.45, 7) is 4.44. The summed E-state index contributed by atoms with van der Waals surface area (Å²) in [5, 5.41) is 17.9. The number of piperazine rings is 1. The number of nitrogens with zero attached hydrogens (tertiary/aromatic N) is 7. The van der Waals surface area contributed by atoms with E-state index in [9.17, 15) is 10.0 Å². The van der Waals surface area contributed by atoms with Crippen LogP contribution in [0, 0.1) is 5.21 Å². The summed E-state index contributed by atoms with van der Waals surface area (Å²) < 4.78 is 20.7. The van der Waals surface area contributed by atoms with E-state index >= 15 is 0 Å². The maximum Gasteiger partial charge on any atom is 0.263 e. The van der Waals surface area contributed by atoms with Crippen LogP contribution in [0.15, 0.2) is 66.5 Å². The van der Waals surface area contributed by atoms with E-state index < -0.39 is 5.79 Å². The maximum absolute atomic E-state index is 12.5. The van der Waals surface area contributed by atoms with Crippen LogP contribution in [0.2, 0.25) is 10.0 Å². The van der Waals surface area contributed by atoms with E-state index in [4.69, 9.17) is 42.3 Å². The number of rotatable bonds is 11. The van der Waals surface area contributed by atoms with Gasteiger partial charge in [0.15, 0.2) is 0 Å². The molecular formula is C30H35Cl2N7O6. The van der Waals surface area contributed by atoms with Crippen molar-refractivity contribution in [2.75, 3.05) is 64.0 Å². The van der Waals surface area contributed by atoms with Crippen LogP contribution in [0.25, 0.3) is 0 Å². The van der Waals surface area contributed by atoms with Crippen LogP contribution < -0.4 is 9.64 Å². The van der Waals surface area contributed by atoms with Crippen molar-refractivity contribution in [2.24, 2.45) is 5.28 Å². The smallest absolute Gasteiger partial charge is 0.263 e. The number of amides is 1. The Morgan fingerprint density at radius 3 is 2.58 bits per heavy atom. The van der Waals surface area contributed by atoms with Gasteiger partial charge in [-0.25, -0.2) is 4.98 Å². The number of hydrogen-bond acceptors (Lipinski definition) is 9. The SMILES string of the molecule is O=C(CO/N=[N+](\[O-])N1CCCC1)N1CCN(c2ccc(OC[C@H]3CO[C@](Cn4ccnc4)(c4ccc(Cl)cc4Cl)O3)cc2)CC1. The number of halogens is 2. The lowest BCUT2D eigenvalue weighted by Crippen LogP contribution is -2.49. The van der Waals surface area contributed by atoms with Crippen molar-refractivity contribution >= 4 is 34.8 Å². The third kappa shape index (κ3) is 7.55. The normalized spacial score (nSPS) is 22.2. The molecule has 0 unspecified atom stereocenters. The molecule has 15 heteroatoms. The standard InChI is InChI=1S/C30H35Cl2N7O6/c31-23-3-8-27(28(32)17-23)30(21-35-12-9-33-22-35)43-19-26(45-30)18-42-25-6-4-24(5-7-25)36-13-15-37(16-14-36)29(40)20-44-34-39(41)38-10-1-2-11-38/h3-9,12,17,22,26H,1-2,10-11,13-16,18-21H2/b39-34-/t26-,30-/m0/s1. The Labute approximate surface area is 270 Å². The van der Waals surface area contributed by atoms with E-state index in [1.165, 1.54) is 0 Å². The fourth-order valence-corrected chi connectivity index (χ4v) is 6.23. The van der Waals surface area contributed by atoms with Gasteiger partial charge in [-0.1, -0.05) is 29.3 Å². The van der Waals surface area contributed by atoms with Gasteiger partial charge in [-0.15, -0.1) is 5.01 Å². The zero-order chi connectivity index (χ0) is 31.2. The topological polar surface area (TPSA) is 120 Å². The summed E-state index contributed by atoms with van der Waals surface area (Å²) >= 11 is 12.7. The summed E-state index contributed by atoms with van der Waals surface area (Å²) in [4.78, 5) is 26.1. The molecule has 6 rings (SSSR count). The van der Waals surface area contributed by atoms with Crippen LogP contribution in [0.4, 0.5) is 5.69 Å². The molecule has 0 aliphatic carbocycles. The van der Waals surface area contributed by atoms with E-state index in [0.29, 0.717) is 78.7 Å². The van der Waals surface area contributed by atoms with Gasteiger partial charge in [-0.3, -0.25) is 4.79 Å². The Morgan fingerprint density at radius 1 is 1.09 bits per heavy atom. The second-order valence-electron chi connectivity index (χ2n) is 11.1. The molecule has 240 valence electrons. The van der Waals surface area contributed by atoms with Gasteiger partial charge >= 0.3 is 0 Å². The first-order valence-electron chi connectivity index (χ1n) is 14.9. The number of hydrazine groups is 1. The summed E-state index contributed by atoms with van der Waals surface area (Å²) in [7, 11) is 0. The molecule has 3 fully saturated rings. The number of hydrogen-bond donors (Lipinski definition) is 0. The molecule has 3 aromatic rings. The Bertz CT molecular complexity index is 1460. The maximum atomic E-state index is 12.5. The molecule has 3 aliphatic heterocycles. The first kappa shape index (κ1) is 31.2. The summed E-state index contributed by atoms with van der Waals surface area (Å²) in [6.07, 6.45) is 6.81. The monoisotopic (exact) mass is 659 g/mol. The molecule has 3 saturated heterocycles. The largest absolute Gasteiger partial charge is 0.569 e. The fourth-order valence-electron chi connectivity index (χ4n) is 5.68. The number of aromatic nitrogens is 2. The molecular weight excluding hydrogens is 625 g/mol. The number of carbonyl (C=O) groups excluding carboxylic acids is 1. The van der Waals surface area contributed by atoms with Gasteiger partial charge in [0.05, 0.1) is 42.6 Å². The highest BCUT2D eigenvalue weighted by molar-refractivity contribution is 6.35. The highest BCUT2D eigenvalue weighted by Gasteiger charge is 2.45. The highest BCUT2D eigenvalue weighted by atomic mass is 35.5. The second kappa shape index (κ2) is 14.1. The predicted molar refractivity (Wildman–Crippen MR) is 165 cm³/mol. The van der Waals surface area contributed by atoms with E-state index in [-0.39, 0.29) is 25.2 Å². The number of imidazole rings is 1. The van der Waals surface area contributed by atoms with E-state index in [2.05, 4.69) is 15.2 Å². The Kier molecular flexibility index (Phi) is 9.79. The Hall–Kier alpha value is -3.78. The highest BCUT2D eigenvalue weighted by Crippen LogP contribution is 2.40. The molecule has 0 bridgehead atoms. The Morgan fingerprint density at radius 2 is 1.87 bits per heavy atom. The molecule has 2 atom stereocenters. The van der Waals surface area contributed by atoms with Crippen molar-refractivity contribution in [1.29, 1.82) is 0 Å². The lowest BCUT2D eigenvalue weighted by Gasteiger charge is -2.35. The van der Waals surface area contributed by atoms with Gasteiger partial charge in [0, 0.05) is 54.8 Å². The molecule has 4 heterocycles. The van der Waals surface area contributed by atoms with Crippen LogP contribution in [0.1, 0.15) is 18.4 Å². The summed E-state index contributed by atoms with van der Waals surface area (Å²) in [6, 6.07) is 13.1. The average Bonchev–Trinajstić information content (AvgIpc) is 3.84. The minimum atomic E-state index is -1.12. The zero-order valence-corrected chi connectivity index (χ0v) is 26.2. The number of benzene rings is 2. The van der Waals surface area contributed by atoms with Crippen molar-refractivity contribution in [3.8, 4) is 5.75 Å². The van der Waals surface area contributed by atoms with Crippen molar-refractivity contribution in [3.63, 3.8) is 0 Å². The number of anilines is 1. The van der Waals surface area contributed by atoms with Crippen LogP contribution in [-0.2, 0) is 31.4 Å². The van der Waals surface area contributed by atoms with E-state index in [0.717, 1.165) is 18.5 Å². The Balaban J connectivity index is 0.977. The molecule has 1 aromatic heterocycles. The van der Waals surface area contributed by atoms with E-state index in [1.807, 2.05) is 41.1 Å². The van der Waals surface area contributed by atoms with Crippen LogP contribution in [-0.4, -0.2) is 95.5 Å². The quantitative estimate of drug-likeness (QED) is 0.170. The van der Waals surface area contributed by atoms with Crippen LogP contribution in [0.5, 0.6) is 5.75 Å². The van der Waals surface area contributed by atoms with Crippen LogP contribution >= 0.6 is 23.2 Å². The van der Waals surface area contributed by atoms with Crippen molar-refractivity contribution in [3.05, 3.63) is 82.0 Å². The number of carbonyl (C=O) groups is 1. The average molecular weight is 661 g/mol. The predicted octanol–water partition coefficient (Wildman–Crippen LogP) is 4.09. The molecule has 0 N–H and O–H groups in total. The molecule has 0 spiro atoms. The molecule has 2 aromatic carbocycles. The van der Waals surface area contributed by atoms with Gasteiger partial charge < -0.3 is 38.6 Å². The van der Waals surface area contributed by atoms with Crippen molar-refractivity contribution < 1.29 is 28.8 Å². The zero-order valence-electron chi connectivity index (χ0n) is 24.7. The molecule has 3 aliphatic rings. The third-order valence-corrected chi connectivity index (χ3v) is 8.61. The van der Waals surface area contributed by atoms with Gasteiger partial charge in [0.2, 0.25) is 17.7 Å². The van der Waals surface area contributed by atoms with Crippen LogP contribution in [0.3, 0.4) is 0 Å². The summed E-state index contributed by atoms with van der Waals surface area (Å²) in [5.74, 6) is -0.605. The molecule has 13 nitrogen and oxygen atoms in total. The molecule has 1 amide bonds. The lowest BCUT2D eigenvalue weighted by molar-refractivity contribution is -0.707. The van der Waals surface area contributed by atoms with E-state index in [1.54, 1.807) is 34.6 Å². The third-order valence-electron chi connectivity index (χ3n) is 8.06. The molecule has 0 radical (unpaired) electrons. The number of ether oxygens (including phenoxy) is 3. The van der Waals surface area contributed by atoms with Crippen molar-refractivity contribution in [1.82, 2.24) is 19.5 Å².